The Morgan fingerprint density at radius 1 is 1.26 bits per heavy atom. The third-order valence-electron chi connectivity index (χ3n) is 3.87. The van der Waals surface area contributed by atoms with E-state index in [9.17, 15) is 4.79 Å². The van der Waals surface area contributed by atoms with Crippen LogP contribution in [0.3, 0.4) is 0 Å². The maximum atomic E-state index is 10.8. The second kappa shape index (κ2) is 6.26. The fourth-order valence-corrected chi connectivity index (χ4v) is 2.47. The quantitative estimate of drug-likeness (QED) is 0.894. The predicted octanol–water partition coefficient (Wildman–Crippen LogP) is 4.30. The van der Waals surface area contributed by atoms with Crippen LogP contribution in [0.1, 0.15) is 35.2 Å². The highest BCUT2D eigenvalue weighted by Crippen LogP contribution is 2.30. The summed E-state index contributed by atoms with van der Waals surface area (Å²) in [4.78, 5) is 10.8. The van der Waals surface area contributed by atoms with Crippen molar-refractivity contribution < 1.29 is 19.1 Å². The minimum absolute atomic E-state index is 0.0702. The number of furan rings is 1. The molecule has 1 aliphatic rings. The molecule has 3 rings (SSSR count). The van der Waals surface area contributed by atoms with Crippen molar-refractivity contribution in [3.8, 4) is 0 Å². The molecular weight excluding hydrogens is 292 g/mol. The summed E-state index contributed by atoms with van der Waals surface area (Å²) in [5, 5.41) is 8.85. The Morgan fingerprint density at radius 3 is 2.65 bits per heavy atom. The van der Waals surface area contributed by atoms with Crippen molar-refractivity contribution >= 4 is 11.5 Å². The van der Waals surface area contributed by atoms with Gasteiger partial charge >= 0.3 is 5.97 Å². The smallest absolute Gasteiger partial charge is 0.371 e. The second-order valence-corrected chi connectivity index (χ2v) is 5.74. The molecule has 0 aliphatic heterocycles. The summed E-state index contributed by atoms with van der Waals surface area (Å²) in [5.41, 5.74) is 1.94. The lowest BCUT2D eigenvalue weighted by atomic mass is 9.91. The molecule has 0 radical (unpaired) electrons. The van der Waals surface area contributed by atoms with Crippen LogP contribution in [0.2, 0.25) is 0 Å². The van der Waals surface area contributed by atoms with Crippen molar-refractivity contribution in [3.05, 3.63) is 77.8 Å². The number of carboxylic acid groups (broad SMARTS) is 1. The molecule has 1 heterocycles. The van der Waals surface area contributed by atoms with Crippen LogP contribution < -0.4 is 0 Å². The van der Waals surface area contributed by atoms with E-state index in [1.165, 1.54) is 17.2 Å². The van der Waals surface area contributed by atoms with Crippen molar-refractivity contribution in [1.29, 1.82) is 0 Å². The van der Waals surface area contributed by atoms with Gasteiger partial charge in [-0.15, -0.1) is 0 Å². The van der Waals surface area contributed by atoms with E-state index in [0.29, 0.717) is 5.76 Å². The topological polar surface area (TPSA) is 59.7 Å². The normalized spacial score (nSPS) is 20.3. The average Bonchev–Trinajstić information content (AvgIpc) is 3.04. The first-order chi connectivity index (χ1) is 11.1. The Labute approximate surface area is 134 Å². The van der Waals surface area contributed by atoms with E-state index in [2.05, 4.69) is 24.3 Å². The number of ether oxygens (including phenoxy) is 1. The van der Waals surface area contributed by atoms with Gasteiger partial charge in [-0.25, -0.2) is 4.79 Å². The van der Waals surface area contributed by atoms with E-state index in [4.69, 9.17) is 14.3 Å². The Morgan fingerprint density at radius 2 is 2.04 bits per heavy atom. The molecule has 4 heteroatoms. The number of carbonyl (C=O) groups is 1. The molecule has 1 atom stereocenters. The first-order valence-electron chi connectivity index (χ1n) is 7.46. The molecular formula is C19H18O4. The molecule has 1 aromatic carbocycles. The third-order valence-corrected chi connectivity index (χ3v) is 3.87. The lowest BCUT2D eigenvalue weighted by Gasteiger charge is -2.28. The van der Waals surface area contributed by atoms with E-state index in [0.717, 1.165) is 6.42 Å². The number of allylic oxidation sites excluding steroid dienone is 2. The molecule has 1 unspecified atom stereocenters. The van der Waals surface area contributed by atoms with Crippen LogP contribution in [-0.4, -0.2) is 16.7 Å². The van der Waals surface area contributed by atoms with Gasteiger partial charge < -0.3 is 14.3 Å². The van der Waals surface area contributed by atoms with Crippen LogP contribution in [0.5, 0.6) is 0 Å². The van der Waals surface area contributed by atoms with Crippen LogP contribution in [0.4, 0.5) is 0 Å². The minimum atomic E-state index is -1.07. The summed E-state index contributed by atoms with van der Waals surface area (Å²) in [5.74, 6) is -0.635. The lowest BCUT2D eigenvalue weighted by molar-refractivity contribution is -0.0132. The molecule has 0 saturated heterocycles. The highest BCUT2D eigenvalue weighted by atomic mass is 16.5. The number of carboxylic acids is 1. The lowest BCUT2D eigenvalue weighted by Crippen LogP contribution is -2.26. The highest BCUT2D eigenvalue weighted by molar-refractivity contribution is 5.84. The molecule has 118 valence electrons. The SMILES string of the molecule is CC1(OCc2ccc(C(=O)O)o2)C=CC(c2ccccc2)=CC1. The van der Waals surface area contributed by atoms with Crippen molar-refractivity contribution in [3.63, 3.8) is 0 Å². The molecule has 0 fully saturated rings. The van der Waals surface area contributed by atoms with Gasteiger partial charge in [0.1, 0.15) is 12.4 Å². The predicted molar refractivity (Wildman–Crippen MR) is 87.0 cm³/mol. The summed E-state index contributed by atoms with van der Waals surface area (Å²) in [6.45, 7) is 2.24. The summed E-state index contributed by atoms with van der Waals surface area (Å²) < 4.78 is 11.1. The maximum Gasteiger partial charge on any atom is 0.371 e. The molecule has 0 spiro atoms. The molecule has 4 nitrogen and oxygen atoms in total. The van der Waals surface area contributed by atoms with Gasteiger partial charge in [0.15, 0.2) is 0 Å². The molecule has 0 bridgehead atoms. The average molecular weight is 310 g/mol. The number of aromatic carboxylic acids is 1. The van der Waals surface area contributed by atoms with Gasteiger partial charge in [0.25, 0.3) is 0 Å². The van der Waals surface area contributed by atoms with Gasteiger partial charge in [-0.1, -0.05) is 48.6 Å². The summed E-state index contributed by atoms with van der Waals surface area (Å²) >= 11 is 0. The summed E-state index contributed by atoms with van der Waals surface area (Å²) in [7, 11) is 0. The molecule has 0 saturated carbocycles. The summed E-state index contributed by atoms with van der Waals surface area (Å²) in [6, 6.07) is 13.3. The number of hydrogen-bond acceptors (Lipinski definition) is 3. The molecule has 1 aromatic heterocycles. The minimum Gasteiger partial charge on any atom is -0.475 e. The van der Waals surface area contributed by atoms with Gasteiger partial charge in [0.2, 0.25) is 5.76 Å². The summed E-state index contributed by atoms with van der Waals surface area (Å²) in [6.07, 6.45) is 7.00. The Kier molecular flexibility index (Phi) is 4.17. The van der Waals surface area contributed by atoms with E-state index in [-0.39, 0.29) is 12.4 Å². The van der Waals surface area contributed by atoms with E-state index >= 15 is 0 Å². The van der Waals surface area contributed by atoms with E-state index < -0.39 is 11.6 Å². The van der Waals surface area contributed by atoms with Crippen LogP contribution in [0.15, 0.2) is 65.1 Å². The number of rotatable bonds is 5. The molecule has 1 aliphatic carbocycles. The van der Waals surface area contributed by atoms with Crippen molar-refractivity contribution in [2.75, 3.05) is 0 Å². The molecule has 0 amide bonds. The van der Waals surface area contributed by atoms with Crippen molar-refractivity contribution in [1.82, 2.24) is 0 Å². The van der Waals surface area contributed by atoms with Gasteiger partial charge in [0, 0.05) is 0 Å². The van der Waals surface area contributed by atoms with Gasteiger partial charge in [-0.05, 0) is 36.6 Å². The van der Waals surface area contributed by atoms with E-state index in [1.54, 1.807) is 6.07 Å². The first-order valence-corrected chi connectivity index (χ1v) is 7.46. The van der Waals surface area contributed by atoms with Gasteiger partial charge in [-0.3, -0.25) is 0 Å². The van der Waals surface area contributed by atoms with Crippen molar-refractivity contribution in [2.24, 2.45) is 0 Å². The zero-order chi connectivity index (χ0) is 16.3. The first kappa shape index (κ1) is 15.3. The molecule has 1 N–H and O–H groups in total. The fraction of sp³-hybridized carbons (Fsp3) is 0.211. The monoisotopic (exact) mass is 310 g/mol. The molecule has 23 heavy (non-hydrogen) atoms. The Bertz CT molecular complexity index is 755. The Balaban J connectivity index is 1.62. The second-order valence-electron chi connectivity index (χ2n) is 5.74. The van der Waals surface area contributed by atoms with Crippen LogP contribution in [0.25, 0.3) is 5.57 Å². The molecule has 2 aromatic rings. The maximum absolute atomic E-state index is 10.8. The zero-order valence-corrected chi connectivity index (χ0v) is 12.9. The highest BCUT2D eigenvalue weighted by Gasteiger charge is 2.24. The van der Waals surface area contributed by atoms with Gasteiger partial charge in [-0.2, -0.15) is 0 Å². The third kappa shape index (κ3) is 3.60. The zero-order valence-electron chi connectivity index (χ0n) is 12.9. The van der Waals surface area contributed by atoms with E-state index in [1.807, 2.05) is 31.2 Å². The van der Waals surface area contributed by atoms with Crippen LogP contribution in [0, 0.1) is 0 Å². The Hall–Kier alpha value is -2.59. The standard InChI is InChI=1S/C19H18O4/c1-19(22-13-16-7-8-17(23-16)18(20)21)11-9-15(10-12-19)14-5-3-2-4-6-14/h2-11H,12-13H2,1H3,(H,20,21). The van der Waals surface area contributed by atoms with Crippen LogP contribution >= 0.6 is 0 Å². The van der Waals surface area contributed by atoms with Crippen molar-refractivity contribution in [2.45, 2.75) is 25.6 Å². The largest absolute Gasteiger partial charge is 0.475 e. The fourth-order valence-electron chi connectivity index (χ4n) is 2.47. The van der Waals surface area contributed by atoms with Crippen LogP contribution in [-0.2, 0) is 11.3 Å². The van der Waals surface area contributed by atoms with Gasteiger partial charge in [0.05, 0.1) is 5.60 Å². The number of benzene rings is 1. The number of hydrogen-bond donors (Lipinski definition) is 1.